The maximum absolute atomic E-state index is 13.1. The summed E-state index contributed by atoms with van der Waals surface area (Å²) in [4.78, 5) is 15.9. The number of hydrogen-bond acceptors (Lipinski definition) is 3. The van der Waals surface area contributed by atoms with Gasteiger partial charge < -0.3 is 5.32 Å². The van der Waals surface area contributed by atoms with Crippen molar-refractivity contribution in [2.75, 3.05) is 5.32 Å². The summed E-state index contributed by atoms with van der Waals surface area (Å²) < 4.78 is 26.1. The highest BCUT2D eigenvalue weighted by Gasteiger charge is 2.12. The number of aromatic amines is 1. The summed E-state index contributed by atoms with van der Waals surface area (Å²) in [5.74, 6) is -1.95. The fourth-order valence-electron chi connectivity index (χ4n) is 1.82. The third-order valence-electron chi connectivity index (χ3n) is 2.69. The molecule has 0 spiro atoms. The molecule has 2 heterocycles. The number of hydrogen-bond donors (Lipinski definition) is 2. The predicted octanol–water partition coefficient (Wildman–Crippen LogP) is 2.49. The maximum Gasteiger partial charge on any atom is 0.257 e. The van der Waals surface area contributed by atoms with E-state index >= 15 is 0 Å². The third-order valence-corrected chi connectivity index (χ3v) is 2.69. The van der Waals surface area contributed by atoms with Crippen LogP contribution in [0.15, 0.2) is 36.5 Å². The molecule has 7 heteroatoms. The topological polar surface area (TPSA) is 70.7 Å². The second kappa shape index (κ2) is 4.69. The minimum atomic E-state index is -0.814. The number of nitrogens with zero attached hydrogens (tertiary/aromatic N) is 2. The van der Waals surface area contributed by atoms with Crippen molar-refractivity contribution < 1.29 is 13.6 Å². The van der Waals surface area contributed by atoms with E-state index in [1.165, 1.54) is 0 Å². The lowest BCUT2D eigenvalue weighted by molar-refractivity contribution is 0.102. The highest BCUT2D eigenvalue weighted by Crippen LogP contribution is 2.18. The Bertz CT molecular complexity index is 780. The Morgan fingerprint density at radius 1 is 1.20 bits per heavy atom. The summed E-state index contributed by atoms with van der Waals surface area (Å²) in [6, 6.07) is 6.01. The average Bonchev–Trinajstić information content (AvgIpc) is 2.81. The van der Waals surface area contributed by atoms with Crippen molar-refractivity contribution in [2.45, 2.75) is 0 Å². The largest absolute Gasteiger partial charge is 0.306 e. The van der Waals surface area contributed by atoms with Crippen LogP contribution in [0, 0.1) is 11.6 Å². The zero-order chi connectivity index (χ0) is 14.1. The molecular weight excluding hydrogens is 266 g/mol. The average molecular weight is 274 g/mol. The molecular formula is C13H8F2N4O. The fraction of sp³-hybridized carbons (Fsp3) is 0. The Morgan fingerprint density at radius 3 is 2.70 bits per heavy atom. The van der Waals surface area contributed by atoms with Gasteiger partial charge in [-0.25, -0.2) is 13.8 Å². The second-order valence-corrected chi connectivity index (χ2v) is 4.09. The van der Waals surface area contributed by atoms with Crippen LogP contribution in [-0.2, 0) is 0 Å². The Balaban J connectivity index is 1.92. The lowest BCUT2D eigenvalue weighted by Gasteiger charge is -2.03. The number of H-pyrrole nitrogens is 1. The van der Waals surface area contributed by atoms with Crippen molar-refractivity contribution in [1.82, 2.24) is 15.2 Å². The molecule has 20 heavy (non-hydrogen) atoms. The van der Waals surface area contributed by atoms with Crippen LogP contribution >= 0.6 is 0 Å². The van der Waals surface area contributed by atoms with E-state index in [9.17, 15) is 13.6 Å². The molecule has 2 N–H and O–H groups in total. The fourth-order valence-corrected chi connectivity index (χ4v) is 1.82. The molecule has 5 nitrogen and oxygen atoms in total. The number of nitrogens with one attached hydrogen (secondary N) is 2. The first-order chi connectivity index (χ1) is 9.63. The van der Waals surface area contributed by atoms with Crippen molar-refractivity contribution in [3.63, 3.8) is 0 Å². The number of carbonyl (C=O) groups excluding carboxylic acids is 1. The van der Waals surface area contributed by atoms with Crippen molar-refractivity contribution in [3.05, 3.63) is 53.7 Å². The molecule has 0 unspecified atom stereocenters. The molecule has 3 aromatic rings. The van der Waals surface area contributed by atoms with Crippen LogP contribution in [0.4, 0.5) is 14.6 Å². The number of carbonyl (C=O) groups is 1. The van der Waals surface area contributed by atoms with Crippen LogP contribution in [0.5, 0.6) is 0 Å². The zero-order valence-corrected chi connectivity index (χ0v) is 10.0. The first-order valence-electron chi connectivity index (χ1n) is 5.70. The van der Waals surface area contributed by atoms with Gasteiger partial charge in [-0.2, -0.15) is 5.10 Å². The van der Waals surface area contributed by atoms with Crippen molar-refractivity contribution in [2.24, 2.45) is 0 Å². The molecule has 100 valence electrons. The minimum absolute atomic E-state index is 0.117. The Labute approximate surface area is 111 Å². The van der Waals surface area contributed by atoms with E-state index in [2.05, 4.69) is 20.5 Å². The quantitative estimate of drug-likeness (QED) is 0.754. The Morgan fingerprint density at radius 2 is 1.95 bits per heavy atom. The van der Waals surface area contributed by atoms with Gasteiger partial charge in [-0.15, -0.1) is 0 Å². The number of aromatic nitrogens is 3. The molecule has 1 amide bonds. The molecule has 0 radical (unpaired) electrons. The van der Waals surface area contributed by atoms with Crippen molar-refractivity contribution in [1.29, 1.82) is 0 Å². The molecule has 3 rings (SSSR count). The molecule has 0 saturated carbocycles. The number of rotatable bonds is 2. The second-order valence-electron chi connectivity index (χ2n) is 4.09. The first-order valence-corrected chi connectivity index (χ1v) is 5.70. The Kier molecular flexibility index (Phi) is 2.86. The highest BCUT2D eigenvalue weighted by atomic mass is 19.1. The number of amides is 1. The van der Waals surface area contributed by atoms with Gasteiger partial charge in [0, 0.05) is 17.8 Å². The molecule has 0 saturated heterocycles. The molecule has 1 aromatic carbocycles. The molecule has 0 aliphatic rings. The zero-order valence-electron chi connectivity index (χ0n) is 10.0. The normalized spacial score (nSPS) is 10.7. The van der Waals surface area contributed by atoms with E-state index in [1.807, 2.05) is 0 Å². The van der Waals surface area contributed by atoms with E-state index in [0.29, 0.717) is 22.9 Å². The smallest absolute Gasteiger partial charge is 0.257 e. The number of benzene rings is 1. The summed E-state index contributed by atoms with van der Waals surface area (Å²) in [6.45, 7) is 0. The van der Waals surface area contributed by atoms with Gasteiger partial charge in [-0.1, -0.05) is 0 Å². The van der Waals surface area contributed by atoms with Gasteiger partial charge >= 0.3 is 0 Å². The van der Waals surface area contributed by atoms with Gasteiger partial charge in [0.2, 0.25) is 0 Å². The van der Waals surface area contributed by atoms with Crippen LogP contribution in [-0.4, -0.2) is 21.1 Å². The SMILES string of the molecule is O=C(Nc1[nH]nc2ncccc12)c1cc(F)cc(F)c1. The van der Waals surface area contributed by atoms with E-state index < -0.39 is 17.5 Å². The first kappa shape index (κ1) is 12.2. The molecule has 0 aliphatic carbocycles. The van der Waals surface area contributed by atoms with Gasteiger partial charge in [0.25, 0.3) is 5.91 Å². The summed E-state index contributed by atoms with van der Waals surface area (Å²) in [5, 5.41) is 9.63. The van der Waals surface area contributed by atoms with Crippen LogP contribution in [0.1, 0.15) is 10.4 Å². The molecule has 0 aliphatic heterocycles. The van der Waals surface area contributed by atoms with E-state index in [-0.39, 0.29) is 5.56 Å². The minimum Gasteiger partial charge on any atom is -0.306 e. The van der Waals surface area contributed by atoms with E-state index in [0.717, 1.165) is 12.1 Å². The van der Waals surface area contributed by atoms with Gasteiger partial charge in [0.1, 0.15) is 17.5 Å². The van der Waals surface area contributed by atoms with Gasteiger partial charge in [0.15, 0.2) is 5.65 Å². The van der Waals surface area contributed by atoms with E-state index in [1.54, 1.807) is 18.3 Å². The van der Waals surface area contributed by atoms with Gasteiger partial charge in [-0.3, -0.25) is 9.89 Å². The predicted molar refractivity (Wildman–Crippen MR) is 68.2 cm³/mol. The molecule has 0 fully saturated rings. The molecule has 0 atom stereocenters. The van der Waals surface area contributed by atoms with Crippen LogP contribution in [0.3, 0.4) is 0 Å². The summed E-state index contributed by atoms with van der Waals surface area (Å²) in [7, 11) is 0. The maximum atomic E-state index is 13.1. The van der Waals surface area contributed by atoms with Gasteiger partial charge in [0.05, 0.1) is 5.39 Å². The van der Waals surface area contributed by atoms with Gasteiger partial charge in [-0.05, 0) is 24.3 Å². The molecule has 0 bridgehead atoms. The summed E-state index contributed by atoms with van der Waals surface area (Å²) in [6.07, 6.45) is 1.57. The standard InChI is InChI=1S/C13H8F2N4O/c14-8-4-7(5-9(15)6-8)13(20)17-12-10-2-1-3-16-11(10)18-19-12/h1-6H,(H2,16,17,18,19,20). The van der Waals surface area contributed by atoms with Crippen LogP contribution in [0.25, 0.3) is 11.0 Å². The number of halogens is 2. The van der Waals surface area contributed by atoms with Crippen LogP contribution in [0.2, 0.25) is 0 Å². The number of fused-ring (bicyclic) bond motifs is 1. The monoisotopic (exact) mass is 274 g/mol. The Hall–Kier alpha value is -2.83. The lowest BCUT2D eigenvalue weighted by atomic mass is 10.2. The van der Waals surface area contributed by atoms with Crippen LogP contribution < -0.4 is 5.32 Å². The number of pyridine rings is 1. The molecule has 2 aromatic heterocycles. The van der Waals surface area contributed by atoms with Crippen molar-refractivity contribution in [3.8, 4) is 0 Å². The lowest BCUT2D eigenvalue weighted by Crippen LogP contribution is -2.13. The highest BCUT2D eigenvalue weighted by molar-refractivity contribution is 6.07. The summed E-state index contributed by atoms with van der Waals surface area (Å²) in [5.41, 5.74) is 0.322. The number of anilines is 1. The third kappa shape index (κ3) is 2.20. The van der Waals surface area contributed by atoms with Crippen molar-refractivity contribution >= 4 is 22.8 Å². The van der Waals surface area contributed by atoms with E-state index in [4.69, 9.17) is 0 Å². The summed E-state index contributed by atoms with van der Waals surface area (Å²) >= 11 is 0.